The molecule has 2 rings (SSSR count). The molecule has 2 saturated carbocycles. The molecule has 1 N–H and O–H groups in total. The lowest BCUT2D eigenvalue weighted by Crippen LogP contribution is -2.41. The number of nitrogens with zero attached hydrogens (tertiary/aromatic N) is 1. The smallest absolute Gasteiger partial charge is 0.307 e. The van der Waals surface area contributed by atoms with Gasteiger partial charge in [0.15, 0.2) is 0 Å². The van der Waals surface area contributed by atoms with Crippen LogP contribution in [0.3, 0.4) is 0 Å². The Morgan fingerprint density at radius 3 is 2.24 bits per heavy atom. The normalized spacial score (nSPS) is 28.8. The number of hydrogen-bond donors (Lipinski definition) is 1. The van der Waals surface area contributed by atoms with Crippen LogP contribution in [0.5, 0.6) is 0 Å². The number of hydrogen-bond acceptors (Lipinski definition) is 2. The van der Waals surface area contributed by atoms with E-state index >= 15 is 0 Å². The van der Waals surface area contributed by atoms with Crippen LogP contribution in [0.4, 0.5) is 0 Å². The van der Waals surface area contributed by atoms with Crippen LogP contribution >= 0.6 is 0 Å². The summed E-state index contributed by atoms with van der Waals surface area (Å²) < 4.78 is 0. The van der Waals surface area contributed by atoms with Crippen LogP contribution in [0.2, 0.25) is 0 Å². The molecule has 2 aliphatic carbocycles. The standard InChI is InChI=1S/C13H21NO3/c1-14(8-9-6-7-9)12(15)10-4-2-3-5-11(10)13(16)17/h9-11H,2-8H2,1H3,(H,16,17). The Hall–Kier alpha value is -1.06. The lowest BCUT2D eigenvalue weighted by Gasteiger charge is -2.31. The average molecular weight is 239 g/mol. The number of carbonyl (C=O) groups is 2. The minimum absolute atomic E-state index is 0.0454. The van der Waals surface area contributed by atoms with Gasteiger partial charge in [-0.2, -0.15) is 0 Å². The van der Waals surface area contributed by atoms with Gasteiger partial charge in [0.05, 0.1) is 11.8 Å². The second kappa shape index (κ2) is 5.07. The summed E-state index contributed by atoms with van der Waals surface area (Å²) in [5, 5.41) is 9.16. The minimum atomic E-state index is -0.803. The first kappa shape index (κ1) is 12.4. The highest BCUT2D eigenvalue weighted by molar-refractivity contribution is 5.84. The molecule has 2 unspecified atom stereocenters. The maximum atomic E-state index is 12.2. The zero-order valence-electron chi connectivity index (χ0n) is 10.4. The molecule has 0 radical (unpaired) electrons. The van der Waals surface area contributed by atoms with E-state index in [1.807, 2.05) is 7.05 Å². The third-order valence-electron chi connectivity index (χ3n) is 4.01. The molecule has 17 heavy (non-hydrogen) atoms. The quantitative estimate of drug-likeness (QED) is 0.813. The van der Waals surface area contributed by atoms with Crippen molar-refractivity contribution in [3.8, 4) is 0 Å². The molecule has 0 heterocycles. The van der Waals surface area contributed by atoms with Crippen molar-refractivity contribution >= 4 is 11.9 Å². The predicted molar refractivity (Wildman–Crippen MR) is 63.4 cm³/mol. The number of aliphatic carboxylic acids is 1. The predicted octanol–water partition coefficient (Wildman–Crippen LogP) is 1.75. The first-order valence-electron chi connectivity index (χ1n) is 6.57. The second-order valence-corrected chi connectivity index (χ2v) is 5.50. The number of carboxylic acid groups (broad SMARTS) is 1. The molecule has 4 nitrogen and oxygen atoms in total. The Bertz CT molecular complexity index is 312. The zero-order chi connectivity index (χ0) is 12.4. The van der Waals surface area contributed by atoms with Gasteiger partial charge < -0.3 is 10.0 Å². The minimum Gasteiger partial charge on any atom is -0.481 e. The molecule has 0 bridgehead atoms. The molecule has 0 saturated heterocycles. The lowest BCUT2D eigenvalue weighted by molar-refractivity contribution is -0.151. The third kappa shape index (κ3) is 2.99. The molecule has 0 spiro atoms. The Balaban J connectivity index is 1.96. The van der Waals surface area contributed by atoms with E-state index in [0.717, 1.165) is 25.8 Å². The topological polar surface area (TPSA) is 57.6 Å². The number of amides is 1. The van der Waals surface area contributed by atoms with E-state index in [1.165, 1.54) is 12.8 Å². The Morgan fingerprint density at radius 1 is 1.12 bits per heavy atom. The maximum absolute atomic E-state index is 12.2. The summed E-state index contributed by atoms with van der Waals surface area (Å²) in [6.45, 7) is 0.807. The van der Waals surface area contributed by atoms with Gasteiger partial charge >= 0.3 is 5.97 Å². The van der Waals surface area contributed by atoms with E-state index in [1.54, 1.807) is 4.90 Å². The molecular formula is C13H21NO3. The van der Waals surface area contributed by atoms with Gasteiger partial charge in [0, 0.05) is 13.6 Å². The molecule has 2 aliphatic rings. The summed E-state index contributed by atoms with van der Waals surface area (Å²) in [4.78, 5) is 25.1. The van der Waals surface area contributed by atoms with E-state index in [-0.39, 0.29) is 11.8 Å². The SMILES string of the molecule is CN(CC1CC1)C(=O)C1CCCCC1C(=O)O. The van der Waals surface area contributed by atoms with Crippen molar-refractivity contribution in [2.45, 2.75) is 38.5 Å². The van der Waals surface area contributed by atoms with Crippen molar-refractivity contribution in [2.24, 2.45) is 17.8 Å². The monoisotopic (exact) mass is 239 g/mol. The molecule has 0 aromatic heterocycles. The van der Waals surface area contributed by atoms with Crippen LogP contribution in [0.1, 0.15) is 38.5 Å². The van der Waals surface area contributed by atoms with E-state index < -0.39 is 11.9 Å². The van der Waals surface area contributed by atoms with Crippen LogP contribution in [0, 0.1) is 17.8 Å². The van der Waals surface area contributed by atoms with Crippen LogP contribution in [-0.2, 0) is 9.59 Å². The summed E-state index contributed by atoms with van der Waals surface area (Å²) in [5.41, 5.74) is 0. The first-order valence-corrected chi connectivity index (χ1v) is 6.57. The van der Waals surface area contributed by atoms with Gasteiger partial charge in [-0.05, 0) is 31.6 Å². The summed E-state index contributed by atoms with van der Waals surface area (Å²) in [6.07, 6.45) is 5.74. The summed E-state index contributed by atoms with van der Waals surface area (Å²) in [7, 11) is 1.81. The van der Waals surface area contributed by atoms with Crippen LogP contribution in [0.25, 0.3) is 0 Å². The Kier molecular flexibility index (Phi) is 3.69. The number of carboxylic acids is 1. The van der Waals surface area contributed by atoms with E-state index in [2.05, 4.69) is 0 Å². The molecule has 0 aromatic carbocycles. The van der Waals surface area contributed by atoms with Crippen molar-refractivity contribution in [2.75, 3.05) is 13.6 Å². The van der Waals surface area contributed by atoms with Gasteiger partial charge in [-0.3, -0.25) is 9.59 Å². The van der Waals surface area contributed by atoms with Crippen molar-refractivity contribution in [3.63, 3.8) is 0 Å². The molecule has 4 heteroatoms. The van der Waals surface area contributed by atoms with Crippen molar-refractivity contribution in [1.82, 2.24) is 4.90 Å². The van der Waals surface area contributed by atoms with Crippen LogP contribution < -0.4 is 0 Å². The highest BCUT2D eigenvalue weighted by Crippen LogP contribution is 2.33. The van der Waals surface area contributed by atoms with Gasteiger partial charge in [-0.1, -0.05) is 12.8 Å². The van der Waals surface area contributed by atoms with Gasteiger partial charge in [0.1, 0.15) is 0 Å². The number of carbonyl (C=O) groups excluding carboxylic acids is 1. The lowest BCUT2D eigenvalue weighted by atomic mass is 9.78. The molecule has 2 atom stereocenters. The van der Waals surface area contributed by atoms with Crippen LogP contribution in [-0.4, -0.2) is 35.5 Å². The fraction of sp³-hybridized carbons (Fsp3) is 0.846. The zero-order valence-corrected chi connectivity index (χ0v) is 10.4. The van der Waals surface area contributed by atoms with E-state index in [4.69, 9.17) is 5.11 Å². The Labute approximate surface area is 102 Å². The number of rotatable bonds is 4. The third-order valence-corrected chi connectivity index (χ3v) is 4.01. The van der Waals surface area contributed by atoms with Gasteiger partial charge in [-0.15, -0.1) is 0 Å². The van der Waals surface area contributed by atoms with Gasteiger partial charge in [-0.25, -0.2) is 0 Å². The Morgan fingerprint density at radius 2 is 1.71 bits per heavy atom. The first-order chi connectivity index (χ1) is 8.09. The van der Waals surface area contributed by atoms with Crippen molar-refractivity contribution < 1.29 is 14.7 Å². The highest BCUT2D eigenvalue weighted by Gasteiger charge is 2.38. The summed E-state index contributed by atoms with van der Waals surface area (Å²) in [6, 6.07) is 0. The summed E-state index contributed by atoms with van der Waals surface area (Å²) >= 11 is 0. The van der Waals surface area contributed by atoms with Gasteiger partial charge in [0.25, 0.3) is 0 Å². The largest absolute Gasteiger partial charge is 0.481 e. The van der Waals surface area contributed by atoms with E-state index in [9.17, 15) is 9.59 Å². The molecule has 96 valence electrons. The highest BCUT2D eigenvalue weighted by atomic mass is 16.4. The summed E-state index contributed by atoms with van der Waals surface area (Å²) in [5.74, 6) is -0.842. The fourth-order valence-electron chi connectivity index (χ4n) is 2.78. The molecule has 1 amide bonds. The molecular weight excluding hydrogens is 218 g/mol. The molecule has 0 aromatic rings. The van der Waals surface area contributed by atoms with E-state index in [0.29, 0.717) is 12.3 Å². The second-order valence-electron chi connectivity index (χ2n) is 5.50. The van der Waals surface area contributed by atoms with Crippen molar-refractivity contribution in [3.05, 3.63) is 0 Å². The molecule has 2 fully saturated rings. The maximum Gasteiger partial charge on any atom is 0.307 e. The van der Waals surface area contributed by atoms with Gasteiger partial charge in [0.2, 0.25) is 5.91 Å². The fourth-order valence-corrected chi connectivity index (χ4v) is 2.78. The van der Waals surface area contributed by atoms with Crippen molar-refractivity contribution in [1.29, 1.82) is 0 Å². The molecule has 0 aliphatic heterocycles. The average Bonchev–Trinajstić information content (AvgIpc) is 3.11. The van der Waals surface area contributed by atoms with Crippen LogP contribution in [0.15, 0.2) is 0 Å².